The molecule has 0 saturated carbocycles. The lowest BCUT2D eigenvalue weighted by Gasteiger charge is -2.50. The molecule has 0 aromatic rings. The van der Waals surface area contributed by atoms with E-state index in [-0.39, 0.29) is 10.8 Å². The molecule has 0 fully saturated rings. The normalized spacial score (nSPS) is 13.4. The highest BCUT2D eigenvalue weighted by atomic mass is 32.3. The molecule has 0 unspecified atom stereocenters. The van der Waals surface area contributed by atoms with E-state index in [1.165, 1.54) is 0 Å². The van der Waals surface area contributed by atoms with Gasteiger partial charge in [0, 0.05) is 12.1 Å². The Kier molecular flexibility index (Phi) is 7.30. The second kappa shape index (κ2) is 7.44. The van der Waals surface area contributed by atoms with Gasteiger partial charge < -0.3 is 20.1 Å². The maximum absolute atomic E-state index is 11.4. The van der Waals surface area contributed by atoms with Gasteiger partial charge in [-0.05, 0) is 45.5 Å². The zero-order chi connectivity index (χ0) is 15.3. The van der Waals surface area contributed by atoms with Crippen LogP contribution in [0.2, 0.25) is 0 Å². The molecule has 0 aromatic heterocycles. The number of nitrogens with one attached hydrogen (secondary N) is 1. The number of carbonyl (C=O) groups is 1. The van der Waals surface area contributed by atoms with Crippen LogP contribution in [0.3, 0.4) is 0 Å². The predicted molar refractivity (Wildman–Crippen MR) is 90.1 cm³/mol. The standard InChI is InChI=1S/C14H28NO2S2/c1-12(2)13(16)15-10-9-11-19(7,8)14(3,4)17-18(5)6/h5H,1,9-11H2,2-4,6-8H3,(H,15,16)/q-1. The Morgan fingerprint density at radius 3 is 2.42 bits per heavy atom. The molecule has 0 rings (SSSR count). The largest absolute Gasteiger partial charge is 0.472 e. The highest BCUT2D eigenvalue weighted by molar-refractivity contribution is 8.33. The SMILES string of the molecule is C#[S-](C)OC(C)(C)S(C)(C)CCCNC(=O)C(=C)C. The summed E-state index contributed by atoms with van der Waals surface area (Å²) in [7, 11) is -1.45. The van der Waals surface area contributed by atoms with Crippen LogP contribution in [0.5, 0.6) is 0 Å². The molecule has 0 spiro atoms. The maximum Gasteiger partial charge on any atom is 0.246 e. The minimum atomic E-state index is -0.942. The van der Waals surface area contributed by atoms with Gasteiger partial charge in [-0.1, -0.05) is 6.58 Å². The molecule has 1 N–H and O–H groups in total. The Balaban J connectivity index is 4.28. The molecule has 0 aromatic carbocycles. The van der Waals surface area contributed by atoms with E-state index >= 15 is 0 Å². The molecule has 0 aliphatic heterocycles. The van der Waals surface area contributed by atoms with Crippen LogP contribution < -0.4 is 5.32 Å². The number of carbonyl (C=O) groups excluding carboxylic acids is 1. The summed E-state index contributed by atoms with van der Waals surface area (Å²) in [5.74, 6) is 0.966. The third-order valence-electron chi connectivity index (χ3n) is 3.17. The van der Waals surface area contributed by atoms with Crippen molar-refractivity contribution in [1.82, 2.24) is 5.32 Å². The summed E-state index contributed by atoms with van der Waals surface area (Å²) in [5.41, 5.74) is 6.30. The zero-order valence-electron chi connectivity index (χ0n) is 13.0. The first-order valence-electron chi connectivity index (χ1n) is 6.24. The van der Waals surface area contributed by atoms with Crippen molar-refractivity contribution in [2.45, 2.75) is 32.1 Å². The topological polar surface area (TPSA) is 38.3 Å². The first-order chi connectivity index (χ1) is 8.49. The molecule has 0 aliphatic carbocycles. The van der Waals surface area contributed by atoms with Crippen LogP contribution in [0.1, 0.15) is 27.2 Å². The van der Waals surface area contributed by atoms with Crippen molar-refractivity contribution in [2.24, 2.45) is 0 Å². The third kappa shape index (κ3) is 6.57. The fourth-order valence-electron chi connectivity index (χ4n) is 1.44. The molecular formula is C14H28NO2S2-. The second-order valence-electron chi connectivity index (χ2n) is 5.61. The summed E-state index contributed by atoms with van der Waals surface area (Å²) >= 11 is 0. The van der Waals surface area contributed by atoms with E-state index in [0.29, 0.717) is 12.1 Å². The van der Waals surface area contributed by atoms with E-state index in [2.05, 4.69) is 38.3 Å². The van der Waals surface area contributed by atoms with Crippen LogP contribution in [-0.2, 0) is 19.6 Å². The Morgan fingerprint density at radius 1 is 1.47 bits per heavy atom. The lowest BCUT2D eigenvalue weighted by Crippen LogP contribution is -2.34. The molecule has 0 heterocycles. The van der Waals surface area contributed by atoms with Gasteiger partial charge in [0.25, 0.3) is 0 Å². The van der Waals surface area contributed by atoms with Gasteiger partial charge in [0.15, 0.2) is 0 Å². The Morgan fingerprint density at radius 2 is 2.00 bits per heavy atom. The van der Waals surface area contributed by atoms with Gasteiger partial charge in [0.1, 0.15) is 0 Å². The molecule has 0 aliphatic rings. The van der Waals surface area contributed by atoms with Crippen LogP contribution >= 0.6 is 10.0 Å². The van der Waals surface area contributed by atoms with Crippen LogP contribution in [0.15, 0.2) is 12.2 Å². The summed E-state index contributed by atoms with van der Waals surface area (Å²) in [6, 6.07) is 0. The minimum Gasteiger partial charge on any atom is -0.472 e. The summed E-state index contributed by atoms with van der Waals surface area (Å²) < 4.78 is 5.86. The fraction of sp³-hybridized carbons (Fsp3) is 0.714. The van der Waals surface area contributed by atoms with Crippen molar-refractivity contribution in [3.63, 3.8) is 0 Å². The van der Waals surface area contributed by atoms with E-state index in [1.807, 2.05) is 6.26 Å². The van der Waals surface area contributed by atoms with Crippen LogP contribution in [0.4, 0.5) is 0 Å². The Labute approximate surface area is 122 Å². The van der Waals surface area contributed by atoms with Crippen LogP contribution in [-0.4, -0.2) is 41.9 Å². The average Bonchev–Trinajstić information content (AvgIpc) is 2.21. The molecule has 19 heavy (non-hydrogen) atoms. The van der Waals surface area contributed by atoms with E-state index in [9.17, 15) is 4.79 Å². The molecule has 1 amide bonds. The molecule has 0 bridgehead atoms. The molecule has 3 nitrogen and oxygen atoms in total. The Hall–Kier alpha value is -0.350. The molecule has 0 atom stereocenters. The number of hydrogen-bond acceptors (Lipinski definition) is 3. The molecule has 0 saturated heterocycles. The van der Waals surface area contributed by atoms with Crippen molar-refractivity contribution < 1.29 is 8.98 Å². The summed E-state index contributed by atoms with van der Waals surface area (Å²) in [6.45, 7) is 10.2. The number of hydrogen-bond donors (Lipinski definition) is 1. The highest BCUT2D eigenvalue weighted by Crippen LogP contribution is 2.54. The van der Waals surface area contributed by atoms with Gasteiger partial charge in [0.2, 0.25) is 5.91 Å². The van der Waals surface area contributed by atoms with Crippen molar-refractivity contribution >= 4 is 26.5 Å². The summed E-state index contributed by atoms with van der Waals surface area (Å²) in [6.07, 6.45) is 7.32. The van der Waals surface area contributed by atoms with Gasteiger partial charge in [0.05, 0.1) is 4.93 Å². The summed E-state index contributed by atoms with van der Waals surface area (Å²) in [5, 5.41) is 2.86. The smallest absolute Gasteiger partial charge is 0.246 e. The molecular weight excluding hydrogens is 278 g/mol. The quantitative estimate of drug-likeness (QED) is 0.446. The van der Waals surface area contributed by atoms with Crippen molar-refractivity contribution in [3.05, 3.63) is 12.2 Å². The first kappa shape index (κ1) is 18.7. The van der Waals surface area contributed by atoms with Gasteiger partial charge in [-0.25, -0.2) is 10.0 Å². The Bertz CT molecular complexity index is 405. The maximum atomic E-state index is 11.4. The van der Waals surface area contributed by atoms with Gasteiger partial charge >= 0.3 is 0 Å². The number of amides is 1. The lowest BCUT2D eigenvalue weighted by atomic mass is 10.3. The average molecular weight is 307 g/mol. The molecule has 0 radical (unpaired) electrons. The van der Waals surface area contributed by atoms with E-state index in [1.54, 1.807) is 6.92 Å². The van der Waals surface area contributed by atoms with E-state index in [0.717, 1.165) is 12.2 Å². The van der Waals surface area contributed by atoms with Gasteiger partial charge in [-0.15, -0.1) is 6.26 Å². The van der Waals surface area contributed by atoms with Gasteiger partial charge in [-0.3, -0.25) is 10.5 Å². The van der Waals surface area contributed by atoms with Crippen molar-refractivity contribution in [3.8, 4) is 5.69 Å². The molecule has 5 heteroatoms. The fourth-order valence-corrected chi connectivity index (χ4v) is 4.49. The lowest BCUT2D eigenvalue weighted by molar-refractivity contribution is -0.117. The number of rotatable bonds is 7. The third-order valence-corrected chi connectivity index (χ3v) is 8.01. The van der Waals surface area contributed by atoms with Crippen molar-refractivity contribution in [1.29, 1.82) is 0 Å². The highest BCUT2D eigenvalue weighted by Gasteiger charge is 2.30. The predicted octanol–water partition coefficient (Wildman–Crippen LogP) is 2.64. The van der Waals surface area contributed by atoms with Gasteiger partial charge in [-0.2, -0.15) is 0 Å². The zero-order valence-corrected chi connectivity index (χ0v) is 14.7. The first-order valence-corrected chi connectivity index (χ1v) is 10.5. The summed E-state index contributed by atoms with van der Waals surface area (Å²) in [4.78, 5) is 11.2. The minimum absolute atomic E-state index is 0.0691. The van der Waals surface area contributed by atoms with Crippen LogP contribution in [0.25, 0.3) is 0 Å². The van der Waals surface area contributed by atoms with Crippen molar-refractivity contribution in [2.75, 3.05) is 31.1 Å². The van der Waals surface area contributed by atoms with Crippen LogP contribution in [0, 0.1) is 5.69 Å². The van der Waals surface area contributed by atoms with E-state index in [4.69, 9.17) is 9.87 Å². The van der Waals surface area contributed by atoms with E-state index < -0.39 is 20.6 Å². The monoisotopic (exact) mass is 306 g/mol. The molecule has 114 valence electrons. The second-order valence-corrected chi connectivity index (χ2v) is 11.2.